The monoisotopic (exact) mass is 258 g/mol. The Hall–Kier alpha value is -0.650. The molecule has 1 aliphatic rings. The van der Waals surface area contributed by atoms with Crippen LogP contribution in [0.25, 0.3) is 0 Å². The van der Waals surface area contributed by atoms with E-state index in [0.29, 0.717) is 32.2 Å². The van der Waals surface area contributed by atoms with Gasteiger partial charge in [0.1, 0.15) is 5.60 Å². The zero-order chi connectivity index (χ0) is 13.4. The molecule has 0 radical (unpaired) electrons. The molecule has 0 bridgehead atoms. The standard InChI is InChI=1S/C13H26N2O3/c1-11(2)14-7-4-5-12(16)15-9-13(17-3)6-8-18-10-13/h11,14H,4-10H2,1-3H3,(H,15,16). The Balaban J connectivity index is 2.12. The highest BCUT2D eigenvalue weighted by Gasteiger charge is 2.35. The van der Waals surface area contributed by atoms with Gasteiger partial charge in [0.05, 0.1) is 6.61 Å². The van der Waals surface area contributed by atoms with Crippen LogP contribution in [-0.2, 0) is 14.3 Å². The number of nitrogens with one attached hydrogen (secondary N) is 2. The van der Waals surface area contributed by atoms with E-state index >= 15 is 0 Å². The van der Waals surface area contributed by atoms with E-state index < -0.39 is 0 Å². The number of amides is 1. The molecule has 1 amide bonds. The van der Waals surface area contributed by atoms with Crippen molar-refractivity contribution in [3.63, 3.8) is 0 Å². The molecular weight excluding hydrogens is 232 g/mol. The van der Waals surface area contributed by atoms with Crippen LogP contribution in [0.5, 0.6) is 0 Å². The number of hydrogen-bond donors (Lipinski definition) is 2. The van der Waals surface area contributed by atoms with Gasteiger partial charge in [-0.25, -0.2) is 0 Å². The Morgan fingerprint density at radius 3 is 2.83 bits per heavy atom. The molecule has 2 N–H and O–H groups in total. The van der Waals surface area contributed by atoms with Gasteiger partial charge >= 0.3 is 0 Å². The van der Waals surface area contributed by atoms with Crippen molar-refractivity contribution in [3.8, 4) is 0 Å². The highest BCUT2D eigenvalue weighted by atomic mass is 16.5. The summed E-state index contributed by atoms with van der Waals surface area (Å²) in [5.74, 6) is 0.0869. The molecule has 0 aromatic heterocycles. The van der Waals surface area contributed by atoms with Crippen molar-refractivity contribution in [1.82, 2.24) is 10.6 Å². The summed E-state index contributed by atoms with van der Waals surface area (Å²) in [6.45, 7) is 6.90. The molecule has 5 nitrogen and oxygen atoms in total. The normalized spacial score (nSPS) is 23.6. The van der Waals surface area contributed by atoms with E-state index in [1.54, 1.807) is 7.11 Å². The molecule has 1 fully saturated rings. The maximum Gasteiger partial charge on any atom is 0.220 e. The quantitative estimate of drug-likeness (QED) is 0.629. The molecule has 0 aliphatic carbocycles. The third-order valence-electron chi connectivity index (χ3n) is 3.24. The molecule has 1 rings (SSSR count). The molecule has 1 unspecified atom stereocenters. The Morgan fingerprint density at radius 1 is 1.50 bits per heavy atom. The van der Waals surface area contributed by atoms with Crippen molar-refractivity contribution in [2.45, 2.75) is 44.8 Å². The first kappa shape index (κ1) is 15.4. The average molecular weight is 258 g/mol. The van der Waals surface area contributed by atoms with Gasteiger partial charge in [-0.1, -0.05) is 13.8 Å². The zero-order valence-electron chi connectivity index (χ0n) is 11.8. The van der Waals surface area contributed by atoms with Gasteiger partial charge in [0.25, 0.3) is 0 Å². The summed E-state index contributed by atoms with van der Waals surface area (Å²) in [4.78, 5) is 11.7. The van der Waals surface area contributed by atoms with Gasteiger partial charge in [0.15, 0.2) is 0 Å². The smallest absolute Gasteiger partial charge is 0.220 e. The maximum absolute atomic E-state index is 11.7. The molecule has 18 heavy (non-hydrogen) atoms. The van der Waals surface area contributed by atoms with E-state index in [1.807, 2.05) is 0 Å². The van der Waals surface area contributed by atoms with Gasteiger partial charge in [-0.05, 0) is 13.0 Å². The lowest BCUT2D eigenvalue weighted by Gasteiger charge is -2.25. The maximum atomic E-state index is 11.7. The highest BCUT2D eigenvalue weighted by molar-refractivity contribution is 5.75. The molecular formula is C13H26N2O3. The van der Waals surface area contributed by atoms with E-state index in [4.69, 9.17) is 9.47 Å². The molecule has 106 valence electrons. The Kier molecular flexibility index (Phi) is 6.60. The topological polar surface area (TPSA) is 59.6 Å². The molecule has 1 aliphatic heterocycles. The van der Waals surface area contributed by atoms with Crippen molar-refractivity contribution >= 4 is 5.91 Å². The van der Waals surface area contributed by atoms with Crippen LogP contribution in [0.4, 0.5) is 0 Å². The third kappa shape index (κ3) is 5.33. The van der Waals surface area contributed by atoms with Crippen LogP contribution in [0.1, 0.15) is 33.1 Å². The SMILES string of the molecule is COC1(CNC(=O)CCCNC(C)C)CCOC1. The minimum Gasteiger partial charge on any atom is -0.378 e. The number of methoxy groups -OCH3 is 1. The minimum atomic E-state index is -0.314. The van der Waals surface area contributed by atoms with Crippen LogP contribution in [-0.4, -0.2) is 51.0 Å². The predicted molar refractivity (Wildman–Crippen MR) is 70.6 cm³/mol. The molecule has 5 heteroatoms. The lowest BCUT2D eigenvalue weighted by atomic mass is 10.0. The number of carbonyl (C=O) groups is 1. The summed E-state index contributed by atoms with van der Waals surface area (Å²) < 4.78 is 10.8. The number of carbonyl (C=O) groups excluding carboxylic acids is 1. The second-order valence-electron chi connectivity index (χ2n) is 5.18. The van der Waals surface area contributed by atoms with Gasteiger partial charge in [-0.2, -0.15) is 0 Å². The van der Waals surface area contributed by atoms with Crippen LogP contribution < -0.4 is 10.6 Å². The second-order valence-corrected chi connectivity index (χ2v) is 5.18. The fourth-order valence-corrected chi connectivity index (χ4v) is 1.95. The molecule has 1 atom stereocenters. The van der Waals surface area contributed by atoms with Crippen LogP contribution in [0, 0.1) is 0 Å². The summed E-state index contributed by atoms with van der Waals surface area (Å²) >= 11 is 0. The second kappa shape index (κ2) is 7.71. The third-order valence-corrected chi connectivity index (χ3v) is 3.24. The first-order valence-corrected chi connectivity index (χ1v) is 6.71. The van der Waals surface area contributed by atoms with Gasteiger partial charge in [0, 0.05) is 39.1 Å². The van der Waals surface area contributed by atoms with Crippen LogP contribution in [0.3, 0.4) is 0 Å². The summed E-state index contributed by atoms with van der Waals surface area (Å²) in [5.41, 5.74) is -0.314. The fourth-order valence-electron chi connectivity index (χ4n) is 1.95. The minimum absolute atomic E-state index is 0.0869. The molecule has 0 aromatic carbocycles. The fraction of sp³-hybridized carbons (Fsp3) is 0.923. The van der Waals surface area contributed by atoms with Gasteiger partial charge in [-0.15, -0.1) is 0 Å². The number of ether oxygens (including phenoxy) is 2. The number of hydrogen-bond acceptors (Lipinski definition) is 4. The van der Waals surface area contributed by atoms with Crippen molar-refractivity contribution in [2.75, 3.05) is 33.4 Å². The van der Waals surface area contributed by atoms with Gasteiger partial charge in [0.2, 0.25) is 5.91 Å². The molecule has 0 saturated carbocycles. The first-order valence-electron chi connectivity index (χ1n) is 6.71. The Bertz CT molecular complexity index is 251. The van der Waals surface area contributed by atoms with Crippen LogP contribution >= 0.6 is 0 Å². The van der Waals surface area contributed by atoms with E-state index in [2.05, 4.69) is 24.5 Å². The zero-order valence-corrected chi connectivity index (χ0v) is 11.8. The molecule has 0 aromatic rings. The van der Waals surface area contributed by atoms with Crippen molar-refractivity contribution < 1.29 is 14.3 Å². The summed E-state index contributed by atoms with van der Waals surface area (Å²) in [6, 6.07) is 0.473. The summed E-state index contributed by atoms with van der Waals surface area (Å²) in [6.07, 6.45) is 2.26. The van der Waals surface area contributed by atoms with Crippen LogP contribution in [0.2, 0.25) is 0 Å². The highest BCUT2D eigenvalue weighted by Crippen LogP contribution is 2.21. The summed E-state index contributed by atoms with van der Waals surface area (Å²) in [7, 11) is 1.67. The largest absolute Gasteiger partial charge is 0.378 e. The molecule has 0 spiro atoms. The number of rotatable bonds is 8. The lowest BCUT2D eigenvalue weighted by Crippen LogP contribution is -2.45. The van der Waals surface area contributed by atoms with Crippen LogP contribution in [0.15, 0.2) is 0 Å². The first-order chi connectivity index (χ1) is 8.58. The average Bonchev–Trinajstić information content (AvgIpc) is 2.81. The van der Waals surface area contributed by atoms with Crippen molar-refractivity contribution in [2.24, 2.45) is 0 Å². The molecule has 1 heterocycles. The van der Waals surface area contributed by atoms with Gasteiger partial charge < -0.3 is 20.1 Å². The van der Waals surface area contributed by atoms with E-state index in [0.717, 1.165) is 19.4 Å². The van der Waals surface area contributed by atoms with Gasteiger partial charge in [-0.3, -0.25) is 4.79 Å². The summed E-state index contributed by atoms with van der Waals surface area (Å²) in [5, 5.41) is 6.22. The van der Waals surface area contributed by atoms with Crippen molar-refractivity contribution in [1.29, 1.82) is 0 Å². The lowest BCUT2D eigenvalue weighted by molar-refractivity contribution is -0.122. The Morgan fingerprint density at radius 2 is 2.28 bits per heavy atom. The van der Waals surface area contributed by atoms with E-state index in [1.165, 1.54) is 0 Å². The predicted octanol–water partition coefficient (Wildman–Crippen LogP) is 0.686. The van der Waals surface area contributed by atoms with E-state index in [-0.39, 0.29) is 11.5 Å². The molecule has 1 saturated heterocycles. The van der Waals surface area contributed by atoms with Crippen molar-refractivity contribution in [3.05, 3.63) is 0 Å². The van der Waals surface area contributed by atoms with E-state index in [9.17, 15) is 4.79 Å². The Labute approximate surface area is 110 Å².